The largest absolute Gasteiger partial charge is 0.472 e. The number of hydrogen-bond acceptors (Lipinski definition) is 18. The molecule has 4 aromatic heterocycles. The highest BCUT2D eigenvalue weighted by atomic mass is 32.5. The minimum atomic E-state index is -4.56. The fraction of sp³-hybridized carbons (Fsp3) is 0.579. The van der Waals surface area contributed by atoms with Gasteiger partial charge < -0.3 is 35.3 Å². The van der Waals surface area contributed by atoms with E-state index in [1.807, 2.05) is 0 Å². The molecule has 0 aliphatic carbocycles. The molecule has 2 aliphatic heterocycles. The molecule has 0 aromatic carbocycles. The molecule has 0 bridgehead atoms. The number of nitrogen functional groups attached to an aromatic ring is 2. The maximum Gasteiger partial charge on any atom is 0.472 e. The summed E-state index contributed by atoms with van der Waals surface area (Å²) in [4.78, 5) is 46.8. The normalized spacial score (nSPS) is 29.4. The summed E-state index contributed by atoms with van der Waals surface area (Å²) in [6.45, 7) is -5.72. The zero-order chi connectivity index (χ0) is 33.0. The standard InChI is InChI=1S/C19H24F2N12O10P2S/c1-38-44(35,36)39-4-8-9(21)12(18(42-8)33-15-11(29-31-33)16(34)27-19(23)26-15)43-45(37,46)40-3-6-2-7(20)17(41-6)32-14-10(28-30-32)13(22)24-5-25-14/h5-9,12,17-18H,2-4H2,1H3,(H,35,36)(H,37,46)(H2,22,24,25)(H3,23,26,27,34)/t6-,7-,8+,9-,12+,17+,18+,45?/m0/s1. The number of hydrogen-bond donors (Lipinski definition) is 5. The number of ether oxygens (including phenoxy) is 2. The molecule has 27 heteroatoms. The Hall–Kier alpha value is -3.22. The van der Waals surface area contributed by atoms with E-state index in [1.165, 1.54) is 0 Å². The van der Waals surface area contributed by atoms with Gasteiger partial charge in [-0.2, -0.15) is 14.3 Å². The SMILES string of the molecule is COP(=O)(O)OC[C@H]1O[C@@H](n2nnc3c(=O)[nH]c(N)nc32)[C@H](OP(O)(=S)OC[C@@H]2C[C@H](F)[C@H](n3nnc4c(N)ncnc43)O2)[C@H]1F. The molecule has 0 saturated carbocycles. The smallest absolute Gasteiger partial charge is 0.382 e. The van der Waals surface area contributed by atoms with Crippen molar-refractivity contribution in [3.8, 4) is 0 Å². The second kappa shape index (κ2) is 12.4. The molecule has 7 N–H and O–H groups in total. The molecule has 6 heterocycles. The van der Waals surface area contributed by atoms with Crippen LogP contribution in [0.3, 0.4) is 0 Å². The Bertz CT molecular complexity index is 1920. The van der Waals surface area contributed by atoms with Crippen LogP contribution in [0, 0.1) is 0 Å². The number of nitrogens with two attached hydrogens (primary N) is 2. The average molecular weight is 712 g/mol. The minimum Gasteiger partial charge on any atom is -0.382 e. The van der Waals surface area contributed by atoms with Crippen molar-refractivity contribution in [1.29, 1.82) is 0 Å². The van der Waals surface area contributed by atoms with Gasteiger partial charge in [0.05, 0.1) is 19.3 Å². The zero-order valence-corrected chi connectivity index (χ0v) is 25.7. The summed E-state index contributed by atoms with van der Waals surface area (Å²) in [6, 6.07) is 0. The number of nitrogens with one attached hydrogen (secondary N) is 1. The highest BCUT2D eigenvalue weighted by Gasteiger charge is 2.51. The van der Waals surface area contributed by atoms with Crippen LogP contribution in [0.15, 0.2) is 11.1 Å². The monoisotopic (exact) mass is 712 g/mol. The van der Waals surface area contributed by atoms with Crippen LogP contribution in [0.4, 0.5) is 20.5 Å². The minimum absolute atomic E-state index is 0.0332. The first-order chi connectivity index (χ1) is 21.8. The van der Waals surface area contributed by atoms with Crippen LogP contribution in [-0.2, 0) is 43.9 Å². The number of fused-ring (bicyclic) bond motifs is 2. The first-order valence-corrected chi connectivity index (χ1v) is 17.1. The number of alkyl halides is 2. The molecule has 0 amide bonds. The third-order valence-electron chi connectivity index (χ3n) is 6.83. The number of H-pyrrole nitrogens is 1. The Balaban J connectivity index is 1.19. The first kappa shape index (κ1) is 32.7. The van der Waals surface area contributed by atoms with E-state index >= 15 is 8.78 Å². The molecule has 0 radical (unpaired) electrons. The quantitative estimate of drug-likeness (QED) is 0.118. The van der Waals surface area contributed by atoms with E-state index in [4.69, 9.17) is 46.3 Å². The van der Waals surface area contributed by atoms with Crippen LogP contribution in [-0.4, -0.2) is 111 Å². The lowest BCUT2D eigenvalue weighted by Crippen LogP contribution is -2.32. The van der Waals surface area contributed by atoms with Crippen LogP contribution in [0.25, 0.3) is 22.3 Å². The molecule has 22 nitrogen and oxygen atoms in total. The number of halogens is 2. The molecule has 2 aliphatic rings. The second-order valence-corrected chi connectivity index (χ2v) is 14.2. The molecule has 2 fully saturated rings. The highest BCUT2D eigenvalue weighted by molar-refractivity contribution is 8.07. The fourth-order valence-corrected chi connectivity index (χ4v) is 6.59. The van der Waals surface area contributed by atoms with Crippen LogP contribution in [0.1, 0.15) is 18.9 Å². The van der Waals surface area contributed by atoms with Crippen molar-refractivity contribution in [3.63, 3.8) is 0 Å². The van der Waals surface area contributed by atoms with Gasteiger partial charge in [-0.15, -0.1) is 10.2 Å². The number of nitrogens with zero attached hydrogens (tertiary/aromatic N) is 9. The number of phosphoric ester groups is 1. The van der Waals surface area contributed by atoms with Gasteiger partial charge in [-0.25, -0.2) is 23.3 Å². The fourth-order valence-electron chi connectivity index (χ4n) is 4.73. The predicted molar refractivity (Wildman–Crippen MR) is 150 cm³/mol. The Kier molecular flexibility index (Phi) is 8.84. The van der Waals surface area contributed by atoms with E-state index in [-0.39, 0.29) is 40.5 Å². The molecule has 6 rings (SSSR count). The van der Waals surface area contributed by atoms with E-state index in [0.29, 0.717) is 0 Å². The number of rotatable bonds is 11. The number of aromatic nitrogens is 10. The maximum absolute atomic E-state index is 15.8. The van der Waals surface area contributed by atoms with E-state index < -0.39 is 76.4 Å². The number of phosphoric acid groups is 1. The molecular weight excluding hydrogens is 688 g/mol. The van der Waals surface area contributed by atoms with E-state index in [9.17, 15) is 19.1 Å². The number of aromatic amines is 1. The molecule has 4 aromatic rings. The van der Waals surface area contributed by atoms with Gasteiger partial charge in [0, 0.05) is 13.5 Å². The number of anilines is 2. The van der Waals surface area contributed by atoms with Crippen molar-refractivity contribution in [2.75, 3.05) is 31.8 Å². The Morgan fingerprint density at radius 3 is 2.54 bits per heavy atom. The summed E-state index contributed by atoms with van der Waals surface area (Å²) >= 11 is 5.11. The molecule has 2 saturated heterocycles. The lowest BCUT2D eigenvalue weighted by Gasteiger charge is -2.25. The summed E-state index contributed by atoms with van der Waals surface area (Å²) < 4.78 is 75.9. The molecule has 46 heavy (non-hydrogen) atoms. The van der Waals surface area contributed by atoms with Crippen LogP contribution >= 0.6 is 14.5 Å². The lowest BCUT2D eigenvalue weighted by atomic mass is 10.1. The van der Waals surface area contributed by atoms with Gasteiger partial charge in [-0.3, -0.25) is 23.3 Å². The van der Waals surface area contributed by atoms with Gasteiger partial charge in [0.2, 0.25) is 5.95 Å². The van der Waals surface area contributed by atoms with E-state index in [0.717, 1.165) is 22.8 Å². The van der Waals surface area contributed by atoms with Crippen LogP contribution in [0.2, 0.25) is 0 Å². The molecule has 9 atom stereocenters. The van der Waals surface area contributed by atoms with Crippen molar-refractivity contribution in [1.82, 2.24) is 49.9 Å². The topological polar surface area (TPSA) is 298 Å². The van der Waals surface area contributed by atoms with Gasteiger partial charge in [0.1, 0.15) is 24.7 Å². The molecule has 2 unspecified atom stereocenters. The molecular formula is C19H24F2N12O10P2S. The van der Waals surface area contributed by atoms with Gasteiger partial charge in [-0.05, 0) is 11.8 Å². The first-order valence-electron chi connectivity index (χ1n) is 13.0. The van der Waals surface area contributed by atoms with Gasteiger partial charge in [0.15, 0.2) is 46.8 Å². The Morgan fingerprint density at radius 2 is 1.80 bits per heavy atom. The lowest BCUT2D eigenvalue weighted by molar-refractivity contribution is -0.0577. The zero-order valence-electron chi connectivity index (χ0n) is 23.1. The molecule has 250 valence electrons. The Morgan fingerprint density at radius 1 is 1.09 bits per heavy atom. The van der Waals surface area contributed by atoms with Gasteiger partial charge >= 0.3 is 14.5 Å². The van der Waals surface area contributed by atoms with Crippen molar-refractivity contribution >= 4 is 60.4 Å². The molecule has 0 spiro atoms. The van der Waals surface area contributed by atoms with Gasteiger partial charge in [0.25, 0.3) is 5.56 Å². The van der Waals surface area contributed by atoms with E-state index in [2.05, 4.69) is 45.1 Å². The summed E-state index contributed by atoms with van der Waals surface area (Å²) in [6.07, 6.45) is -10.3. The van der Waals surface area contributed by atoms with Crippen molar-refractivity contribution < 1.29 is 50.7 Å². The van der Waals surface area contributed by atoms with Crippen molar-refractivity contribution in [3.05, 3.63) is 16.7 Å². The summed E-state index contributed by atoms with van der Waals surface area (Å²) in [7, 11) is -3.67. The Labute approximate surface area is 259 Å². The second-order valence-electron chi connectivity index (χ2n) is 9.81. The maximum atomic E-state index is 15.8. The summed E-state index contributed by atoms with van der Waals surface area (Å²) in [5.41, 5.74) is 10.3. The third kappa shape index (κ3) is 6.35. The highest BCUT2D eigenvalue weighted by Crippen LogP contribution is 2.51. The van der Waals surface area contributed by atoms with E-state index in [1.54, 1.807) is 0 Å². The van der Waals surface area contributed by atoms with Crippen molar-refractivity contribution in [2.45, 2.75) is 49.5 Å². The summed E-state index contributed by atoms with van der Waals surface area (Å²) in [5.74, 6) is -0.299. The average Bonchev–Trinajstić information content (AvgIpc) is 3.77. The third-order valence-corrected chi connectivity index (χ3v) is 9.33. The van der Waals surface area contributed by atoms with Crippen molar-refractivity contribution in [2.24, 2.45) is 0 Å². The summed E-state index contributed by atoms with van der Waals surface area (Å²) in [5, 5.41) is 15.2. The van der Waals surface area contributed by atoms with Crippen LogP contribution in [0.5, 0.6) is 0 Å². The van der Waals surface area contributed by atoms with Crippen LogP contribution < -0.4 is 17.0 Å². The van der Waals surface area contributed by atoms with Gasteiger partial charge in [-0.1, -0.05) is 10.4 Å². The predicted octanol–water partition coefficient (Wildman–Crippen LogP) is -0.843.